The van der Waals surface area contributed by atoms with Crippen LogP contribution >= 0.6 is 0 Å². The quantitative estimate of drug-likeness (QED) is 0.496. The van der Waals surface area contributed by atoms with Gasteiger partial charge in [0.05, 0.1) is 0 Å². The van der Waals surface area contributed by atoms with Crippen molar-refractivity contribution in [1.82, 2.24) is 4.57 Å². The van der Waals surface area contributed by atoms with Gasteiger partial charge in [0.1, 0.15) is 24.6 Å². The van der Waals surface area contributed by atoms with E-state index in [4.69, 9.17) is 0 Å². The summed E-state index contributed by atoms with van der Waals surface area (Å²) < 4.78 is 4.30. The molecule has 0 spiro atoms. The summed E-state index contributed by atoms with van der Waals surface area (Å²) in [4.78, 5) is 11.4. The number of Topliss-reactive ketones (excluding diaryl/α,β-unsaturated/α-hetero) is 1. The summed E-state index contributed by atoms with van der Waals surface area (Å²) in [5.74, 6) is 0.0928. The number of halogens is 1. The van der Waals surface area contributed by atoms with Gasteiger partial charge in [0, 0.05) is 5.56 Å². The Bertz CT molecular complexity index is 955. The fraction of sp³-hybridized carbons (Fsp3) is 0.304. The first kappa shape index (κ1) is 20.9. The van der Waals surface area contributed by atoms with Crippen LogP contribution in [-0.4, -0.2) is 10.4 Å². The SMILES string of the molecule is CC(=O)c1ccc(-n2cc[n+](Cc3c(C)c(C)c(C)c(C)c3C)c2)cc1.[Cl-]. The highest BCUT2D eigenvalue weighted by molar-refractivity contribution is 5.94. The number of hydrogen-bond donors (Lipinski definition) is 0. The highest BCUT2D eigenvalue weighted by atomic mass is 35.5. The molecule has 0 amide bonds. The Morgan fingerprint density at radius 3 is 1.93 bits per heavy atom. The number of carbonyl (C=O) groups is 1. The first-order valence-electron chi connectivity index (χ1n) is 9.04. The molecule has 142 valence electrons. The zero-order chi connectivity index (χ0) is 19.0. The van der Waals surface area contributed by atoms with Gasteiger partial charge in [-0.1, -0.05) is 0 Å². The zero-order valence-corrected chi connectivity index (χ0v) is 17.7. The van der Waals surface area contributed by atoms with Crippen LogP contribution in [0.5, 0.6) is 0 Å². The smallest absolute Gasteiger partial charge is 0.249 e. The second-order valence-electron chi connectivity index (χ2n) is 7.20. The molecule has 27 heavy (non-hydrogen) atoms. The minimum absolute atomic E-state index is 0. The molecule has 0 saturated heterocycles. The normalized spacial score (nSPS) is 10.6. The second kappa shape index (κ2) is 8.10. The number of carbonyl (C=O) groups excluding carboxylic acids is 1. The first-order valence-corrected chi connectivity index (χ1v) is 9.04. The molecule has 0 N–H and O–H groups in total. The van der Waals surface area contributed by atoms with Crippen molar-refractivity contribution in [2.45, 2.75) is 48.1 Å². The molecule has 0 atom stereocenters. The monoisotopic (exact) mass is 382 g/mol. The third-order valence-electron chi connectivity index (χ3n) is 5.76. The molecular weight excluding hydrogens is 356 g/mol. The van der Waals surface area contributed by atoms with Gasteiger partial charge in [-0.15, -0.1) is 0 Å². The number of hydrogen-bond acceptors (Lipinski definition) is 1. The topological polar surface area (TPSA) is 25.9 Å². The van der Waals surface area contributed by atoms with Gasteiger partial charge in [-0.25, -0.2) is 9.13 Å². The van der Waals surface area contributed by atoms with Crippen LogP contribution in [0.3, 0.4) is 0 Å². The Labute approximate surface area is 168 Å². The van der Waals surface area contributed by atoms with Gasteiger partial charge in [0.15, 0.2) is 5.78 Å². The van der Waals surface area contributed by atoms with Crippen molar-refractivity contribution in [1.29, 1.82) is 0 Å². The molecule has 3 nitrogen and oxygen atoms in total. The Hall–Kier alpha value is -2.39. The van der Waals surface area contributed by atoms with Gasteiger partial charge >= 0.3 is 0 Å². The van der Waals surface area contributed by atoms with Gasteiger partial charge in [0.2, 0.25) is 6.33 Å². The molecule has 3 rings (SSSR count). The van der Waals surface area contributed by atoms with Crippen LogP contribution in [0, 0.1) is 34.6 Å². The van der Waals surface area contributed by atoms with Gasteiger partial charge in [0.25, 0.3) is 0 Å². The number of ketones is 1. The molecule has 1 heterocycles. The van der Waals surface area contributed by atoms with Crippen molar-refractivity contribution >= 4 is 5.78 Å². The van der Waals surface area contributed by atoms with Crippen LogP contribution in [0.25, 0.3) is 5.69 Å². The molecular formula is C23H27ClN2O. The number of rotatable bonds is 4. The van der Waals surface area contributed by atoms with Gasteiger partial charge in [-0.05, 0) is 99.2 Å². The highest BCUT2D eigenvalue weighted by Gasteiger charge is 2.15. The molecule has 2 aromatic carbocycles. The van der Waals surface area contributed by atoms with Crippen LogP contribution in [0.2, 0.25) is 0 Å². The van der Waals surface area contributed by atoms with E-state index in [0.29, 0.717) is 0 Å². The lowest BCUT2D eigenvalue weighted by Gasteiger charge is -2.17. The van der Waals surface area contributed by atoms with Gasteiger partial charge in [-0.3, -0.25) is 4.79 Å². The summed E-state index contributed by atoms with van der Waals surface area (Å²) in [6.45, 7) is 13.5. The summed E-state index contributed by atoms with van der Waals surface area (Å²) in [6, 6.07) is 7.72. The zero-order valence-electron chi connectivity index (χ0n) is 16.9. The third-order valence-corrected chi connectivity index (χ3v) is 5.76. The predicted octanol–water partition coefficient (Wildman–Crippen LogP) is 1.56. The lowest BCUT2D eigenvalue weighted by Crippen LogP contribution is -3.00. The molecule has 3 aromatic rings. The van der Waals surface area contributed by atoms with E-state index in [2.05, 4.69) is 62.5 Å². The summed E-state index contributed by atoms with van der Waals surface area (Å²) in [5.41, 5.74) is 10.2. The van der Waals surface area contributed by atoms with Gasteiger partial charge in [-0.2, -0.15) is 0 Å². The molecule has 0 saturated carbocycles. The fourth-order valence-corrected chi connectivity index (χ4v) is 3.51. The van der Waals surface area contributed by atoms with Crippen molar-refractivity contribution in [3.63, 3.8) is 0 Å². The Morgan fingerprint density at radius 1 is 0.889 bits per heavy atom. The van der Waals surface area contributed by atoms with Crippen molar-refractivity contribution in [2.75, 3.05) is 0 Å². The van der Waals surface area contributed by atoms with Crippen molar-refractivity contribution in [3.05, 3.63) is 81.9 Å². The molecule has 0 aliphatic rings. The highest BCUT2D eigenvalue weighted by Crippen LogP contribution is 2.25. The van der Waals surface area contributed by atoms with Crippen molar-refractivity contribution in [3.8, 4) is 5.69 Å². The minimum Gasteiger partial charge on any atom is -1.00 e. The summed E-state index contributed by atoms with van der Waals surface area (Å²) >= 11 is 0. The van der Waals surface area contributed by atoms with E-state index in [1.807, 2.05) is 24.3 Å². The minimum atomic E-state index is 0. The molecule has 0 aliphatic carbocycles. The average molecular weight is 383 g/mol. The molecule has 0 radical (unpaired) electrons. The molecule has 0 aliphatic heterocycles. The maximum absolute atomic E-state index is 11.4. The lowest BCUT2D eigenvalue weighted by molar-refractivity contribution is -0.687. The number of benzene rings is 2. The van der Waals surface area contributed by atoms with Crippen molar-refractivity contribution in [2.24, 2.45) is 0 Å². The van der Waals surface area contributed by atoms with E-state index in [1.165, 1.54) is 33.4 Å². The average Bonchev–Trinajstić information content (AvgIpc) is 3.10. The van der Waals surface area contributed by atoms with E-state index < -0.39 is 0 Å². The maximum Gasteiger partial charge on any atom is 0.249 e. The summed E-state index contributed by atoms with van der Waals surface area (Å²) in [5, 5.41) is 0. The summed E-state index contributed by atoms with van der Waals surface area (Å²) in [7, 11) is 0. The summed E-state index contributed by atoms with van der Waals surface area (Å²) in [6.07, 6.45) is 6.26. The number of nitrogens with zero attached hydrogens (tertiary/aromatic N) is 2. The molecule has 4 heteroatoms. The van der Waals surface area contributed by atoms with Gasteiger partial charge < -0.3 is 12.4 Å². The van der Waals surface area contributed by atoms with Crippen molar-refractivity contribution < 1.29 is 21.8 Å². The first-order chi connectivity index (χ1) is 12.3. The van der Waals surface area contributed by atoms with Crippen LogP contribution in [0.4, 0.5) is 0 Å². The maximum atomic E-state index is 11.4. The number of imidazole rings is 1. The van der Waals surface area contributed by atoms with E-state index in [0.717, 1.165) is 17.8 Å². The Morgan fingerprint density at radius 2 is 1.41 bits per heavy atom. The largest absolute Gasteiger partial charge is 1.00 e. The van der Waals surface area contributed by atoms with Crippen LogP contribution < -0.4 is 17.0 Å². The fourth-order valence-electron chi connectivity index (χ4n) is 3.51. The molecule has 0 bridgehead atoms. The molecule has 0 fully saturated rings. The predicted molar refractivity (Wildman–Crippen MR) is 105 cm³/mol. The number of aromatic nitrogens is 2. The lowest BCUT2D eigenvalue weighted by atomic mass is 9.89. The standard InChI is InChI=1S/C23H27N2O.ClH/c1-15-16(2)18(4)23(19(5)17(15)3)13-24-11-12-25(14-24)22-9-7-21(8-10-22)20(6)26;/h7-12,14H,13H2,1-6H3;1H/q+1;/p-1. The Balaban J connectivity index is 0.00000261. The van der Waals surface area contributed by atoms with Crippen LogP contribution in [0.1, 0.15) is 50.7 Å². The van der Waals surface area contributed by atoms with E-state index in [1.54, 1.807) is 6.92 Å². The van der Waals surface area contributed by atoms with Crippen LogP contribution in [-0.2, 0) is 6.54 Å². The third kappa shape index (κ3) is 3.98. The van der Waals surface area contributed by atoms with E-state index in [9.17, 15) is 4.79 Å². The van der Waals surface area contributed by atoms with E-state index >= 15 is 0 Å². The van der Waals surface area contributed by atoms with Crippen LogP contribution in [0.15, 0.2) is 43.0 Å². The second-order valence-corrected chi connectivity index (χ2v) is 7.20. The van der Waals surface area contributed by atoms with E-state index in [-0.39, 0.29) is 18.2 Å². The molecule has 0 unspecified atom stereocenters. The Kier molecular flexibility index (Phi) is 6.27. The molecule has 1 aromatic heterocycles.